The third-order valence-corrected chi connectivity index (χ3v) is 4.50. The summed E-state index contributed by atoms with van der Waals surface area (Å²) in [5.41, 5.74) is 2.31. The van der Waals surface area contributed by atoms with Gasteiger partial charge >= 0.3 is 6.03 Å². The van der Waals surface area contributed by atoms with Crippen LogP contribution in [0.4, 0.5) is 16.2 Å². The highest BCUT2D eigenvalue weighted by Crippen LogP contribution is 2.40. The lowest BCUT2D eigenvalue weighted by Gasteiger charge is -2.09. The van der Waals surface area contributed by atoms with Gasteiger partial charge in [-0.3, -0.25) is 10.1 Å². The lowest BCUT2D eigenvalue weighted by atomic mass is 10.2. The molecule has 2 N–H and O–H groups in total. The van der Waals surface area contributed by atoms with Gasteiger partial charge in [-0.25, -0.2) is 9.78 Å². The fourth-order valence-electron chi connectivity index (χ4n) is 2.20. The van der Waals surface area contributed by atoms with Crippen molar-refractivity contribution >= 4 is 28.7 Å². The molecule has 0 aliphatic heterocycles. The number of nitrogens with one attached hydrogen (secondary N) is 2. The molecule has 23 heavy (non-hydrogen) atoms. The molecule has 120 valence electrons. The van der Waals surface area contributed by atoms with Crippen LogP contribution in [-0.4, -0.2) is 15.9 Å². The van der Waals surface area contributed by atoms with Gasteiger partial charge in [-0.2, -0.15) is 0 Å². The maximum atomic E-state index is 11.9. The molecule has 0 spiro atoms. The monoisotopic (exact) mass is 332 g/mol. The molecule has 1 heterocycles. The van der Waals surface area contributed by atoms with E-state index in [1.54, 1.807) is 18.3 Å². The molecular weight excluding hydrogens is 316 g/mol. The quantitative estimate of drug-likeness (QED) is 0.646. The highest BCUT2D eigenvalue weighted by molar-refractivity contribution is 7.09. The van der Waals surface area contributed by atoms with E-state index in [2.05, 4.69) is 15.6 Å². The molecule has 3 rings (SSSR count). The Labute approximate surface area is 136 Å². The van der Waals surface area contributed by atoms with Crippen LogP contribution in [0.3, 0.4) is 0 Å². The van der Waals surface area contributed by atoms with Gasteiger partial charge in [0.15, 0.2) is 0 Å². The Balaban J connectivity index is 1.55. The molecule has 1 fully saturated rings. The first-order valence-corrected chi connectivity index (χ1v) is 8.15. The van der Waals surface area contributed by atoms with Crippen LogP contribution < -0.4 is 10.6 Å². The molecule has 1 saturated carbocycles. The number of carbonyl (C=O) groups is 1. The number of rotatable bonds is 5. The number of hydrogen-bond donors (Lipinski definition) is 2. The summed E-state index contributed by atoms with van der Waals surface area (Å²) in [7, 11) is 0. The first kappa shape index (κ1) is 15.4. The van der Waals surface area contributed by atoms with Crippen LogP contribution in [0.2, 0.25) is 0 Å². The summed E-state index contributed by atoms with van der Waals surface area (Å²) < 4.78 is 0. The van der Waals surface area contributed by atoms with E-state index in [0.717, 1.165) is 10.7 Å². The number of anilines is 1. The van der Waals surface area contributed by atoms with Gasteiger partial charge in [0.05, 0.1) is 17.2 Å². The largest absolute Gasteiger partial charge is 0.331 e. The fraction of sp³-hybridized carbons (Fsp3) is 0.333. The second kappa shape index (κ2) is 6.33. The van der Waals surface area contributed by atoms with Gasteiger partial charge in [0, 0.05) is 29.1 Å². The van der Waals surface area contributed by atoms with E-state index < -0.39 is 4.92 Å². The van der Waals surface area contributed by atoms with Gasteiger partial charge in [0.25, 0.3) is 5.69 Å². The van der Waals surface area contributed by atoms with Crippen molar-refractivity contribution in [1.82, 2.24) is 10.3 Å². The maximum Gasteiger partial charge on any atom is 0.319 e. The van der Waals surface area contributed by atoms with Crippen molar-refractivity contribution in [3.63, 3.8) is 0 Å². The Morgan fingerprint density at radius 2 is 2.26 bits per heavy atom. The summed E-state index contributed by atoms with van der Waals surface area (Å²) in [4.78, 5) is 26.7. The number of nitro groups is 1. The molecule has 2 aromatic rings. The molecule has 8 heteroatoms. The first-order chi connectivity index (χ1) is 11.0. The van der Waals surface area contributed by atoms with E-state index in [9.17, 15) is 14.9 Å². The zero-order valence-corrected chi connectivity index (χ0v) is 13.4. The predicted molar refractivity (Wildman–Crippen MR) is 87.8 cm³/mol. The van der Waals surface area contributed by atoms with Crippen molar-refractivity contribution in [2.75, 3.05) is 5.32 Å². The number of hydrogen-bond acceptors (Lipinski definition) is 5. The number of benzene rings is 1. The number of nitro benzene ring substituents is 1. The van der Waals surface area contributed by atoms with Gasteiger partial charge in [-0.1, -0.05) is 0 Å². The van der Waals surface area contributed by atoms with Crippen LogP contribution >= 0.6 is 11.3 Å². The van der Waals surface area contributed by atoms with Crippen LogP contribution in [0.5, 0.6) is 0 Å². The first-order valence-electron chi connectivity index (χ1n) is 7.27. The second-order valence-corrected chi connectivity index (χ2v) is 6.45. The average molecular weight is 332 g/mol. The van der Waals surface area contributed by atoms with Crippen molar-refractivity contribution < 1.29 is 9.72 Å². The third kappa shape index (κ3) is 3.84. The summed E-state index contributed by atoms with van der Waals surface area (Å²) >= 11 is 1.55. The number of aryl methyl sites for hydroxylation is 1. The molecule has 0 atom stereocenters. The minimum Gasteiger partial charge on any atom is -0.331 e. The summed E-state index contributed by atoms with van der Waals surface area (Å²) in [6, 6.07) is 3.97. The lowest BCUT2D eigenvalue weighted by Crippen LogP contribution is -2.28. The number of urea groups is 1. The van der Waals surface area contributed by atoms with Crippen LogP contribution in [-0.2, 0) is 6.54 Å². The average Bonchev–Trinajstić information content (AvgIpc) is 3.26. The predicted octanol–water partition coefficient (Wildman–Crippen LogP) is 3.56. The van der Waals surface area contributed by atoms with Crippen molar-refractivity contribution in [2.24, 2.45) is 0 Å². The standard InChI is InChI=1S/C15H16N4O3S/c1-9-6-11(19(21)22)4-5-12(9)18-15(20)16-7-14-17-13(8-23-14)10-2-3-10/h4-6,8,10H,2-3,7H2,1H3,(H2,16,18,20). The SMILES string of the molecule is Cc1cc([N+](=O)[O-])ccc1NC(=O)NCc1nc(C2CC2)cs1. The highest BCUT2D eigenvalue weighted by atomic mass is 32.1. The molecule has 1 aliphatic carbocycles. The van der Waals surface area contributed by atoms with Crippen LogP contribution in [0.25, 0.3) is 0 Å². The van der Waals surface area contributed by atoms with Crippen LogP contribution in [0.15, 0.2) is 23.6 Å². The Morgan fingerprint density at radius 1 is 1.48 bits per heavy atom. The molecule has 0 bridgehead atoms. The fourth-order valence-corrected chi connectivity index (χ4v) is 3.01. The zero-order chi connectivity index (χ0) is 16.4. The molecule has 0 saturated heterocycles. The summed E-state index contributed by atoms with van der Waals surface area (Å²) in [5.74, 6) is 0.608. The van der Waals surface area contributed by atoms with Crippen molar-refractivity contribution in [1.29, 1.82) is 0 Å². The summed E-state index contributed by atoms with van der Waals surface area (Å²) in [5, 5.41) is 19.1. The Bertz CT molecular complexity index is 755. The molecule has 2 amide bonds. The van der Waals surface area contributed by atoms with E-state index in [1.165, 1.54) is 31.0 Å². The molecule has 0 unspecified atom stereocenters. The van der Waals surface area contributed by atoms with E-state index in [0.29, 0.717) is 23.7 Å². The molecule has 7 nitrogen and oxygen atoms in total. The maximum absolute atomic E-state index is 11.9. The number of aromatic nitrogens is 1. The number of amides is 2. The Kier molecular flexibility index (Phi) is 4.24. The molecule has 1 aromatic heterocycles. The van der Waals surface area contributed by atoms with Crippen molar-refractivity contribution in [3.05, 3.63) is 50.0 Å². The molecule has 1 aliphatic rings. The van der Waals surface area contributed by atoms with Gasteiger partial charge in [0.2, 0.25) is 0 Å². The van der Waals surface area contributed by atoms with Gasteiger partial charge in [-0.15, -0.1) is 11.3 Å². The Hall–Kier alpha value is -2.48. The number of nitrogens with zero attached hydrogens (tertiary/aromatic N) is 2. The minimum atomic E-state index is -0.462. The molecular formula is C15H16N4O3S. The Morgan fingerprint density at radius 3 is 2.91 bits per heavy atom. The second-order valence-electron chi connectivity index (χ2n) is 5.50. The van der Waals surface area contributed by atoms with Crippen molar-refractivity contribution in [3.8, 4) is 0 Å². The van der Waals surface area contributed by atoms with E-state index in [4.69, 9.17) is 0 Å². The normalized spacial score (nSPS) is 13.6. The van der Waals surface area contributed by atoms with Gasteiger partial charge < -0.3 is 10.6 Å². The summed E-state index contributed by atoms with van der Waals surface area (Å²) in [6.45, 7) is 2.08. The van der Waals surface area contributed by atoms with E-state index in [-0.39, 0.29) is 11.7 Å². The topological polar surface area (TPSA) is 97.2 Å². The van der Waals surface area contributed by atoms with Crippen LogP contribution in [0.1, 0.15) is 35.0 Å². The number of carbonyl (C=O) groups excluding carboxylic acids is 1. The zero-order valence-electron chi connectivity index (χ0n) is 12.5. The van der Waals surface area contributed by atoms with Crippen molar-refractivity contribution in [2.45, 2.75) is 32.2 Å². The van der Waals surface area contributed by atoms with Gasteiger partial charge in [0.1, 0.15) is 5.01 Å². The van der Waals surface area contributed by atoms with E-state index >= 15 is 0 Å². The number of non-ortho nitro benzene ring substituents is 1. The smallest absolute Gasteiger partial charge is 0.319 e. The van der Waals surface area contributed by atoms with Gasteiger partial charge in [-0.05, 0) is 31.4 Å². The van der Waals surface area contributed by atoms with Crippen LogP contribution in [0, 0.1) is 17.0 Å². The van der Waals surface area contributed by atoms with E-state index in [1.807, 2.05) is 5.38 Å². The highest BCUT2D eigenvalue weighted by Gasteiger charge is 2.25. The summed E-state index contributed by atoms with van der Waals surface area (Å²) in [6.07, 6.45) is 2.41. The molecule has 0 radical (unpaired) electrons. The lowest BCUT2D eigenvalue weighted by molar-refractivity contribution is -0.384. The minimum absolute atomic E-state index is 0.00356. The molecule has 1 aromatic carbocycles. The number of thiazole rings is 1. The third-order valence-electron chi connectivity index (χ3n) is 3.63.